The van der Waals surface area contributed by atoms with Crippen molar-refractivity contribution in [1.82, 2.24) is 15.5 Å². The molecule has 2 aromatic rings. The third-order valence-corrected chi connectivity index (χ3v) is 5.66. The van der Waals surface area contributed by atoms with Gasteiger partial charge >= 0.3 is 5.76 Å². The van der Waals surface area contributed by atoms with Crippen molar-refractivity contribution in [2.45, 2.75) is 37.8 Å². The second-order valence-electron chi connectivity index (χ2n) is 7.94. The van der Waals surface area contributed by atoms with Gasteiger partial charge in [0.15, 0.2) is 12.4 Å². The van der Waals surface area contributed by atoms with Crippen LogP contribution in [0.4, 0.5) is 4.39 Å². The van der Waals surface area contributed by atoms with Gasteiger partial charge in [-0.3, -0.25) is 9.59 Å². The normalized spacial score (nSPS) is 23.9. The molecule has 0 atom stereocenters. The number of benzene rings is 1. The Morgan fingerprint density at radius 3 is 2.73 bits per heavy atom. The van der Waals surface area contributed by atoms with Crippen LogP contribution in [0.5, 0.6) is 5.75 Å². The first-order chi connectivity index (χ1) is 14.3. The molecule has 9 nitrogen and oxygen atoms in total. The van der Waals surface area contributed by atoms with Crippen molar-refractivity contribution >= 4 is 23.3 Å². The van der Waals surface area contributed by atoms with Crippen molar-refractivity contribution in [2.75, 3.05) is 13.2 Å². The number of ether oxygens (including phenoxy) is 2. The molecule has 2 bridgehead atoms. The van der Waals surface area contributed by atoms with E-state index in [4.69, 9.17) is 21.1 Å². The third-order valence-electron chi connectivity index (χ3n) is 5.35. The van der Waals surface area contributed by atoms with Gasteiger partial charge in [0.05, 0.1) is 5.02 Å². The molecule has 1 aromatic carbocycles. The van der Waals surface area contributed by atoms with Crippen LogP contribution in [0, 0.1) is 11.2 Å². The van der Waals surface area contributed by atoms with Crippen LogP contribution in [-0.2, 0) is 20.9 Å². The Kier molecular flexibility index (Phi) is 5.37. The van der Waals surface area contributed by atoms with E-state index in [2.05, 4.69) is 19.9 Å². The number of Topliss-reactive ketones (excluding diaryl/α,β-unsaturated/α-hetero) is 1. The summed E-state index contributed by atoms with van der Waals surface area (Å²) in [5, 5.41) is 8.62. The van der Waals surface area contributed by atoms with Crippen LogP contribution in [-0.4, -0.2) is 40.6 Å². The Bertz CT molecular complexity index is 1020. The van der Waals surface area contributed by atoms with Gasteiger partial charge in [0.2, 0.25) is 5.89 Å². The first-order valence-corrected chi connectivity index (χ1v) is 9.67. The van der Waals surface area contributed by atoms with Crippen molar-refractivity contribution in [3.05, 3.63) is 45.5 Å². The van der Waals surface area contributed by atoms with Crippen molar-refractivity contribution in [3.8, 4) is 5.75 Å². The van der Waals surface area contributed by atoms with Gasteiger partial charge in [-0.1, -0.05) is 11.6 Å². The van der Waals surface area contributed by atoms with E-state index in [1.54, 1.807) is 0 Å². The first-order valence-electron chi connectivity index (χ1n) is 9.29. The predicted molar refractivity (Wildman–Crippen MR) is 100 cm³/mol. The molecular weight excluding hydrogens is 421 g/mol. The summed E-state index contributed by atoms with van der Waals surface area (Å²) in [5.41, 5.74) is -0.377. The molecule has 0 saturated heterocycles. The van der Waals surface area contributed by atoms with Crippen LogP contribution in [0.2, 0.25) is 5.02 Å². The fraction of sp³-hybridized carbons (Fsp3) is 0.474. The van der Waals surface area contributed by atoms with E-state index in [9.17, 15) is 18.8 Å². The highest BCUT2D eigenvalue weighted by atomic mass is 35.5. The van der Waals surface area contributed by atoms with Crippen LogP contribution in [0.15, 0.2) is 27.4 Å². The van der Waals surface area contributed by atoms with Gasteiger partial charge in [0.25, 0.3) is 5.91 Å². The predicted octanol–water partition coefficient (Wildman–Crippen LogP) is 1.75. The highest BCUT2D eigenvalue weighted by Gasteiger charge is 2.68. The molecule has 2 N–H and O–H groups in total. The molecule has 3 aliphatic rings. The Morgan fingerprint density at radius 1 is 1.30 bits per heavy atom. The summed E-state index contributed by atoms with van der Waals surface area (Å²) < 4.78 is 28.6. The number of hydrogen-bond acceptors (Lipinski definition) is 7. The zero-order chi connectivity index (χ0) is 21.4. The van der Waals surface area contributed by atoms with Crippen molar-refractivity contribution in [3.63, 3.8) is 0 Å². The van der Waals surface area contributed by atoms with Gasteiger partial charge < -0.3 is 19.2 Å². The van der Waals surface area contributed by atoms with E-state index >= 15 is 0 Å². The molecule has 0 radical (unpaired) electrons. The van der Waals surface area contributed by atoms with Crippen LogP contribution in [0.1, 0.15) is 31.6 Å². The second kappa shape index (κ2) is 7.84. The van der Waals surface area contributed by atoms with Crippen LogP contribution >= 0.6 is 11.6 Å². The molecule has 0 aliphatic heterocycles. The molecule has 3 aliphatic carbocycles. The minimum absolute atomic E-state index is 0.0151. The highest BCUT2D eigenvalue weighted by molar-refractivity contribution is 6.30. The number of nitrogens with one attached hydrogen (secondary N) is 2. The molecule has 1 aromatic heterocycles. The average Bonchev–Trinajstić information content (AvgIpc) is 3.05. The topological polar surface area (TPSA) is 124 Å². The summed E-state index contributed by atoms with van der Waals surface area (Å²) in [6, 6.07) is 3.97. The lowest BCUT2D eigenvalue weighted by Crippen LogP contribution is -2.75. The SMILES string of the molecule is O=C(COCc1n[nH]c(=O)o1)CC12CC(NC(=O)COc3ccc(Cl)c(F)c3)(C1)C2. The largest absolute Gasteiger partial charge is 0.484 e. The number of carbonyl (C=O) groups is 2. The Labute approximate surface area is 174 Å². The summed E-state index contributed by atoms with van der Waals surface area (Å²) >= 11 is 5.61. The monoisotopic (exact) mass is 439 g/mol. The van der Waals surface area contributed by atoms with Crippen molar-refractivity contribution in [1.29, 1.82) is 0 Å². The summed E-state index contributed by atoms with van der Waals surface area (Å²) in [7, 11) is 0. The summed E-state index contributed by atoms with van der Waals surface area (Å²) in [6.45, 7) is -0.385. The number of amides is 1. The van der Waals surface area contributed by atoms with Crippen LogP contribution < -0.4 is 15.8 Å². The van der Waals surface area contributed by atoms with Crippen molar-refractivity contribution in [2.24, 2.45) is 5.41 Å². The fourth-order valence-corrected chi connectivity index (χ4v) is 4.53. The van der Waals surface area contributed by atoms with E-state index in [1.165, 1.54) is 12.1 Å². The first kappa shape index (κ1) is 20.5. The zero-order valence-electron chi connectivity index (χ0n) is 15.8. The summed E-state index contributed by atoms with van der Waals surface area (Å²) in [6.07, 6.45) is 2.54. The molecule has 1 heterocycles. The number of carbonyl (C=O) groups excluding carboxylic acids is 2. The van der Waals surface area contributed by atoms with Gasteiger partial charge in [-0.2, -0.15) is 0 Å². The summed E-state index contributed by atoms with van der Waals surface area (Å²) in [4.78, 5) is 35.0. The quantitative estimate of drug-likeness (QED) is 0.578. The van der Waals surface area contributed by atoms with Crippen LogP contribution in [0.25, 0.3) is 0 Å². The van der Waals surface area contributed by atoms with Crippen LogP contribution in [0.3, 0.4) is 0 Å². The second-order valence-corrected chi connectivity index (χ2v) is 8.35. The van der Waals surface area contributed by atoms with Gasteiger partial charge in [0.1, 0.15) is 24.8 Å². The minimum atomic E-state index is -0.674. The lowest BCUT2D eigenvalue weighted by molar-refractivity contribution is -0.174. The highest BCUT2D eigenvalue weighted by Crippen LogP contribution is 2.68. The number of hydrogen-bond donors (Lipinski definition) is 2. The van der Waals surface area contributed by atoms with Gasteiger partial charge in [-0.25, -0.2) is 14.3 Å². The molecule has 3 fully saturated rings. The van der Waals surface area contributed by atoms with E-state index in [0.717, 1.165) is 25.3 Å². The van der Waals surface area contributed by atoms with E-state index in [1.807, 2.05) is 0 Å². The van der Waals surface area contributed by atoms with E-state index in [0.29, 0.717) is 6.42 Å². The number of aromatic amines is 1. The Hall–Kier alpha value is -2.72. The lowest BCUT2D eigenvalue weighted by atomic mass is 9.38. The van der Waals surface area contributed by atoms with E-state index < -0.39 is 11.6 Å². The molecule has 5 rings (SSSR count). The maximum Gasteiger partial charge on any atom is 0.434 e. The average molecular weight is 440 g/mol. The molecule has 0 spiro atoms. The number of aromatic nitrogens is 2. The van der Waals surface area contributed by atoms with Crippen molar-refractivity contribution < 1.29 is 27.9 Å². The molecular formula is C19H19ClFN3O6. The minimum Gasteiger partial charge on any atom is -0.484 e. The number of H-pyrrole nitrogens is 1. The Morgan fingerprint density at radius 2 is 2.07 bits per heavy atom. The maximum absolute atomic E-state index is 13.4. The third kappa shape index (κ3) is 4.39. The molecule has 160 valence electrons. The maximum atomic E-state index is 13.4. The smallest absolute Gasteiger partial charge is 0.434 e. The molecule has 3 saturated carbocycles. The number of ketones is 1. The van der Waals surface area contributed by atoms with E-state index in [-0.39, 0.29) is 59.1 Å². The summed E-state index contributed by atoms with van der Waals surface area (Å²) in [5.74, 6) is -1.33. The number of rotatable bonds is 10. The number of halogens is 2. The Balaban J connectivity index is 1.14. The van der Waals surface area contributed by atoms with Gasteiger partial charge in [-0.05, 0) is 36.8 Å². The molecule has 11 heteroatoms. The molecule has 1 amide bonds. The zero-order valence-corrected chi connectivity index (χ0v) is 16.6. The van der Waals surface area contributed by atoms with Gasteiger partial charge in [0, 0.05) is 18.0 Å². The molecule has 30 heavy (non-hydrogen) atoms. The van der Waals surface area contributed by atoms with Gasteiger partial charge in [-0.15, -0.1) is 5.10 Å². The molecule has 0 unspecified atom stereocenters. The standard InChI is InChI=1S/C19H19ClFN3O6/c20-13-2-1-12(3-14(13)21)29-6-15(26)22-19-8-18(9-19,10-19)4-11(25)5-28-7-16-23-24-17(27)30-16/h1-3H,4-10H2,(H,22,26)(H,24,27). The fourth-order valence-electron chi connectivity index (χ4n) is 4.41. The number of nitrogens with zero attached hydrogens (tertiary/aromatic N) is 1. The lowest BCUT2D eigenvalue weighted by Gasteiger charge is -2.70.